The van der Waals surface area contributed by atoms with E-state index in [-0.39, 0.29) is 5.91 Å². The van der Waals surface area contributed by atoms with Crippen LogP contribution in [0.2, 0.25) is 0 Å². The molecule has 5 nitrogen and oxygen atoms in total. The SMILES string of the molecule is COc1ccc(C(=O)NCc2nc3ccccc3n2Cc2ccc(C)cc2)cc1. The van der Waals surface area contributed by atoms with Gasteiger partial charge in [-0.15, -0.1) is 0 Å². The maximum absolute atomic E-state index is 12.6. The van der Waals surface area contributed by atoms with Crippen molar-refractivity contribution in [2.24, 2.45) is 0 Å². The van der Waals surface area contributed by atoms with Crippen molar-refractivity contribution in [3.05, 3.63) is 95.3 Å². The molecule has 0 aliphatic carbocycles. The summed E-state index contributed by atoms with van der Waals surface area (Å²) in [6, 6.07) is 23.6. The minimum absolute atomic E-state index is 0.137. The Kier molecular flexibility index (Phi) is 5.29. The van der Waals surface area contributed by atoms with Gasteiger partial charge in [-0.3, -0.25) is 4.79 Å². The number of carbonyl (C=O) groups excluding carboxylic acids is 1. The predicted molar refractivity (Wildman–Crippen MR) is 114 cm³/mol. The van der Waals surface area contributed by atoms with Crippen molar-refractivity contribution in [1.82, 2.24) is 14.9 Å². The van der Waals surface area contributed by atoms with E-state index in [1.54, 1.807) is 31.4 Å². The fraction of sp³-hybridized carbons (Fsp3) is 0.167. The van der Waals surface area contributed by atoms with Crippen LogP contribution in [0.15, 0.2) is 72.8 Å². The molecule has 0 bridgehead atoms. The second-order valence-electron chi connectivity index (χ2n) is 7.00. The third kappa shape index (κ3) is 4.14. The van der Waals surface area contributed by atoms with E-state index < -0.39 is 0 Å². The van der Waals surface area contributed by atoms with Crippen molar-refractivity contribution in [3.8, 4) is 5.75 Å². The van der Waals surface area contributed by atoms with Crippen LogP contribution < -0.4 is 10.1 Å². The van der Waals surface area contributed by atoms with Gasteiger partial charge in [-0.05, 0) is 48.9 Å². The third-order valence-corrected chi connectivity index (χ3v) is 4.95. The van der Waals surface area contributed by atoms with Crippen molar-refractivity contribution in [2.75, 3.05) is 7.11 Å². The van der Waals surface area contributed by atoms with Crippen LogP contribution in [-0.2, 0) is 13.1 Å². The quantitative estimate of drug-likeness (QED) is 0.537. The van der Waals surface area contributed by atoms with Crippen molar-refractivity contribution >= 4 is 16.9 Å². The van der Waals surface area contributed by atoms with E-state index in [2.05, 4.69) is 47.1 Å². The molecule has 1 aromatic heterocycles. The molecule has 29 heavy (non-hydrogen) atoms. The molecule has 0 aliphatic heterocycles. The van der Waals surface area contributed by atoms with Crippen LogP contribution in [0, 0.1) is 6.92 Å². The first-order valence-corrected chi connectivity index (χ1v) is 9.56. The van der Waals surface area contributed by atoms with Gasteiger partial charge in [-0.1, -0.05) is 42.0 Å². The van der Waals surface area contributed by atoms with Gasteiger partial charge >= 0.3 is 0 Å². The van der Waals surface area contributed by atoms with E-state index in [1.165, 1.54) is 11.1 Å². The summed E-state index contributed by atoms with van der Waals surface area (Å²) >= 11 is 0. The Morgan fingerprint density at radius 2 is 1.72 bits per heavy atom. The van der Waals surface area contributed by atoms with E-state index in [1.807, 2.05) is 18.2 Å². The van der Waals surface area contributed by atoms with Crippen LogP contribution >= 0.6 is 0 Å². The van der Waals surface area contributed by atoms with Crippen molar-refractivity contribution < 1.29 is 9.53 Å². The van der Waals surface area contributed by atoms with Crippen LogP contribution in [0.3, 0.4) is 0 Å². The summed E-state index contributed by atoms with van der Waals surface area (Å²) in [6.07, 6.45) is 0. The number of aromatic nitrogens is 2. The van der Waals surface area contributed by atoms with Crippen molar-refractivity contribution in [3.63, 3.8) is 0 Å². The van der Waals surface area contributed by atoms with Gasteiger partial charge in [0.15, 0.2) is 0 Å². The smallest absolute Gasteiger partial charge is 0.251 e. The number of nitrogens with one attached hydrogen (secondary N) is 1. The molecule has 4 aromatic rings. The van der Waals surface area contributed by atoms with Crippen LogP contribution in [0.5, 0.6) is 5.75 Å². The van der Waals surface area contributed by atoms with E-state index in [0.717, 1.165) is 22.6 Å². The molecule has 0 atom stereocenters. The summed E-state index contributed by atoms with van der Waals surface area (Å²) in [4.78, 5) is 17.3. The summed E-state index contributed by atoms with van der Waals surface area (Å²) in [7, 11) is 1.60. The molecular weight excluding hydrogens is 362 g/mol. The molecule has 0 unspecified atom stereocenters. The molecule has 1 N–H and O–H groups in total. The van der Waals surface area contributed by atoms with E-state index >= 15 is 0 Å². The standard InChI is InChI=1S/C24H23N3O2/c1-17-7-9-18(10-8-17)16-27-22-6-4-3-5-21(22)26-23(27)15-25-24(28)19-11-13-20(29-2)14-12-19/h3-14H,15-16H2,1-2H3,(H,25,28). The second-order valence-corrected chi connectivity index (χ2v) is 7.00. The first-order chi connectivity index (χ1) is 14.1. The lowest BCUT2D eigenvalue weighted by Crippen LogP contribution is -2.24. The zero-order valence-corrected chi connectivity index (χ0v) is 16.6. The number of hydrogen-bond donors (Lipinski definition) is 1. The Balaban J connectivity index is 1.57. The number of benzene rings is 3. The summed E-state index contributed by atoms with van der Waals surface area (Å²) in [6.45, 7) is 3.14. The number of hydrogen-bond acceptors (Lipinski definition) is 3. The lowest BCUT2D eigenvalue weighted by atomic mass is 10.1. The van der Waals surface area contributed by atoms with Gasteiger partial charge in [0.25, 0.3) is 5.91 Å². The van der Waals surface area contributed by atoms with Gasteiger partial charge in [-0.2, -0.15) is 0 Å². The fourth-order valence-electron chi connectivity index (χ4n) is 3.32. The van der Waals surface area contributed by atoms with E-state index in [0.29, 0.717) is 18.7 Å². The zero-order valence-electron chi connectivity index (χ0n) is 16.6. The number of methoxy groups -OCH3 is 1. The lowest BCUT2D eigenvalue weighted by molar-refractivity contribution is 0.0949. The number of nitrogens with zero attached hydrogens (tertiary/aromatic N) is 2. The van der Waals surface area contributed by atoms with Crippen molar-refractivity contribution in [1.29, 1.82) is 0 Å². The van der Waals surface area contributed by atoms with Crippen LogP contribution in [-0.4, -0.2) is 22.6 Å². The van der Waals surface area contributed by atoms with E-state index in [9.17, 15) is 4.79 Å². The molecule has 3 aromatic carbocycles. The molecule has 0 fully saturated rings. The Hall–Kier alpha value is -3.60. The topological polar surface area (TPSA) is 56.1 Å². The highest BCUT2D eigenvalue weighted by molar-refractivity contribution is 5.94. The van der Waals surface area contributed by atoms with Gasteiger partial charge in [-0.25, -0.2) is 4.98 Å². The van der Waals surface area contributed by atoms with Gasteiger partial charge in [0.2, 0.25) is 0 Å². The molecule has 146 valence electrons. The summed E-state index contributed by atoms with van der Waals surface area (Å²) < 4.78 is 7.31. The second kappa shape index (κ2) is 8.19. The monoisotopic (exact) mass is 385 g/mol. The molecule has 1 amide bonds. The number of para-hydroxylation sites is 2. The van der Waals surface area contributed by atoms with E-state index in [4.69, 9.17) is 9.72 Å². The lowest BCUT2D eigenvalue weighted by Gasteiger charge is -2.11. The number of imidazole rings is 1. The first-order valence-electron chi connectivity index (χ1n) is 9.56. The van der Waals surface area contributed by atoms with Crippen LogP contribution in [0.4, 0.5) is 0 Å². The molecule has 0 radical (unpaired) electrons. The molecule has 0 saturated heterocycles. The maximum Gasteiger partial charge on any atom is 0.251 e. The average molecular weight is 385 g/mol. The number of ether oxygens (including phenoxy) is 1. The number of carbonyl (C=O) groups is 1. The van der Waals surface area contributed by atoms with Crippen molar-refractivity contribution in [2.45, 2.75) is 20.0 Å². The van der Waals surface area contributed by atoms with Gasteiger partial charge in [0.05, 0.1) is 24.7 Å². The summed E-state index contributed by atoms with van der Waals surface area (Å²) in [5.41, 5.74) is 5.00. The molecule has 0 spiro atoms. The minimum Gasteiger partial charge on any atom is -0.497 e. The summed E-state index contributed by atoms with van der Waals surface area (Å²) in [5.74, 6) is 1.41. The number of fused-ring (bicyclic) bond motifs is 1. The normalized spacial score (nSPS) is 10.8. The maximum atomic E-state index is 12.6. The highest BCUT2D eigenvalue weighted by atomic mass is 16.5. The Bertz CT molecular complexity index is 1130. The largest absolute Gasteiger partial charge is 0.497 e. The highest BCUT2D eigenvalue weighted by Gasteiger charge is 2.13. The zero-order chi connectivity index (χ0) is 20.2. The molecule has 5 heteroatoms. The predicted octanol–water partition coefficient (Wildman–Crippen LogP) is 4.33. The Morgan fingerprint density at radius 1 is 1.00 bits per heavy atom. The first kappa shape index (κ1) is 18.7. The Labute approximate surface area is 170 Å². The molecule has 0 saturated carbocycles. The van der Waals surface area contributed by atoms with Crippen LogP contribution in [0.1, 0.15) is 27.3 Å². The van der Waals surface area contributed by atoms with Gasteiger partial charge < -0.3 is 14.6 Å². The Morgan fingerprint density at radius 3 is 2.45 bits per heavy atom. The number of rotatable bonds is 6. The molecular formula is C24H23N3O2. The van der Waals surface area contributed by atoms with Gasteiger partial charge in [0, 0.05) is 12.1 Å². The molecule has 4 rings (SSSR count). The average Bonchev–Trinajstić information content (AvgIpc) is 3.11. The third-order valence-electron chi connectivity index (χ3n) is 4.95. The fourth-order valence-corrected chi connectivity index (χ4v) is 3.32. The summed E-state index contributed by atoms with van der Waals surface area (Å²) in [5, 5.41) is 2.99. The highest BCUT2D eigenvalue weighted by Crippen LogP contribution is 2.19. The minimum atomic E-state index is -0.137. The molecule has 1 heterocycles. The number of amides is 1. The van der Waals surface area contributed by atoms with Crippen LogP contribution in [0.25, 0.3) is 11.0 Å². The van der Waals surface area contributed by atoms with Gasteiger partial charge in [0.1, 0.15) is 11.6 Å². The number of aryl methyl sites for hydroxylation is 1. The molecule has 0 aliphatic rings.